The molecule has 0 amide bonds. The Morgan fingerprint density at radius 1 is 1.28 bits per heavy atom. The van der Waals surface area contributed by atoms with E-state index in [9.17, 15) is 0 Å². The molecule has 0 aliphatic carbocycles. The highest BCUT2D eigenvalue weighted by Crippen LogP contribution is 2.24. The molecule has 0 aliphatic rings. The third-order valence-corrected chi connectivity index (χ3v) is 2.58. The fourth-order valence-electron chi connectivity index (χ4n) is 1.82. The van der Waals surface area contributed by atoms with Crippen LogP contribution in [0.3, 0.4) is 0 Å². The van der Waals surface area contributed by atoms with E-state index in [1.807, 2.05) is 20.8 Å². The largest absolute Gasteiger partial charge is 0.398 e. The molecule has 3 N–H and O–H groups in total. The summed E-state index contributed by atoms with van der Waals surface area (Å²) in [5.74, 6) is 0. The van der Waals surface area contributed by atoms with E-state index in [1.165, 1.54) is 0 Å². The van der Waals surface area contributed by atoms with Crippen LogP contribution in [0.5, 0.6) is 0 Å². The van der Waals surface area contributed by atoms with Gasteiger partial charge in [-0.2, -0.15) is 0 Å². The molecule has 1 unspecified atom stereocenters. The molecule has 0 bridgehead atoms. The second kappa shape index (κ2) is 8.02. The van der Waals surface area contributed by atoms with Crippen molar-refractivity contribution in [3.63, 3.8) is 0 Å². The van der Waals surface area contributed by atoms with Crippen LogP contribution in [0.15, 0.2) is 18.5 Å². The highest BCUT2D eigenvalue weighted by molar-refractivity contribution is 5.46. The molecule has 0 aromatic carbocycles. The summed E-state index contributed by atoms with van der Waals surface area (Å²) in [5, 5.41) is 3.34. The lowest BCUT2D eigenvalue weighted by Gasteiger charge is -2.28. The summed E-state index contributed by atoms with van der Waals surface area (Å²) in [7, 11) is 0. The van der Waals surface area contributed by atoms with Crippen molar-refractivity contribution < 1.29 is 9.47 Å². The molecular weight excluding hydrogens is 230 g/mol. The zero-order valence-electron chi connectivity index (χ0n) is 11.3. The average molecular weight is 253 g/mol. The molecule has 0 aliphatic heterocycles. The number of hydrogen-bond acceptors (Lipinski definition) is 5. The minimum Gasteiger partial charge on any atom is -0.398 e. The van der Waals surface area contributed by atoms with Gasteiger partial charge in [-0.05, 0) is 26.5 Å². The number of aromatic nitrogens is 1. The van der Waals surface area contributed by atoms with Crippen molar-refractivity contribution in [3.05, 3.63) is 24.0 Å². The molecule has 0 saturated heterocycles. The topological polar surface area (TPSA) is 69.4 Å². The SMILES string of the molecule is CCNC(c1cnccc1N)C(OCC)OCC. The maximum Gasteiger partial charge on any atom is 0.176 e. The van der Waals surface area contributed by atoms with Crippen LogP contribution in [-0.4, -0.2) is 31.0 Å². The number of nitrogens with one attached hydrogen (secondary N) is 1. The first-order valence-electron chi connectivity index (χ1n) is 6.40. The Kier molecular flexibility index (Phi) is 6.64. The van der Waals surface area contributed by atoms with Gasteiger partial charge in [-0.25, -0.2) is 0 Å². The molecule has 0 saturated carbocycles. The lowest BCUT2D eigenvalue weighted by molar-refractivity contribution is -0.155. The van der Waals surface area contributed by atoms with Gasteiger partial charge in [0.1, 0.15) is 0 Å². The molecule has 18 heavy (non-hydrogen) atoms. The van der Waals surface area contributed by atoms with Gasteiger partial charge in [0.2, 0.25) is 0 Å². The summed E-state index contributed by atoms with van der Waals surface area (Å²) in [5.41, 5.74) is 7.59. The maximum atomic E-state index is 5.99. The van der Waals surface area contributed by atoms with Gasteiger partial charge in [0.15, 0.2) is 6.29 Å². The lowest BCUT2D eigenvalue weighted by Crippen LogP contribution is -2.36. The lowest BCUT2D eigenvalue weighted by atomic mass is 10.1. The number of nitrogens with two attached hydrogens (primary N) is 1. The smallest absolute Gasteiger partial charge is 0.176 e. The minimum atomic E-state index is -0.355. The average Bonchev–Trinajstić information content (AvgIpc) is 2.37. The van der Waals surface area contributed by atoms with Gasteiger partial charge in [-0.3, -0.25) is 4.98 Å². The third kappa shape index (κ3) is 3.94. The highest BCUT2D eigenvalue weighted by Gasteiger charge is 2.25. The number of ether oxygens (including phenoxy) is 2. The Bertz CT molecular complexity index is 341. The standard InChI is InChI=1S/C13H23N3O2/c1-4-16-12(13(17-5-2)18-6-3)10-9-15-8-7-11(10)14/h7-9,12-13,16H,4-6H2,1-3H3,(H2,14,15). The minimum absolute atomic E-state index is 0.108. The van der Waals surface area contributed by atoms with Gasteiger partial charge in [0, 0.05) is 36.9 Å². The Morgan fingerprint density at radius 2 is 1.94 bits per heavy atom. The predicted molar refractivity (Wildman–Crippen MR) is 72.1 cm³/mol. The summed E-state index contributed by atoms with van der Waals surface area (Å²) in [6, 6.07) is 1.68. The molecule has 0 fully saturated rings. The van der Waals surface area contributed by atoms with Crippen LogP contribution >= 0.6 is 0 Å². The van der Waals surface area contributed by atoms with Crippen LogP contribution in [0.25, 0.3) is 0 Å². The molecule has 0 spiro atoms. The third-order valence-electron chi connectivity index (χ3n) is 2.58. The molecule has 0 radical (unpaired) electrons. The molecule has 1 aromatic rings. The number of hydrogen-bond donors (Lipinski definition) is 2. The first-order valence-corrected chi connectivity index (χ1v) is 6.40. The van der Waals surface area contributed by atoms with Crippen molar-refractivity contribution >= 4 is 5.69 Å². The van der Waals surface area contributed by atoms with E-state index in [4.69, 9.17) is 15.2 Å². The Labute approximate surface area is 109 Å². The van der Waals surface area contributed by atoms with E-state index in [1.54, 1.807) is 18.5 Å². The van der Waals surface area contributed by atoms with E-state index in [2.05, 4.69) is 10.3 Å². The Hall–Kier alpha value is -1.17. The van der Waals surface area contributed by atoms with Crippen LogP contribution in [0.4, 0.5) is 5.69 Å². The van der Waals surface area contributed by atoms with Crippen LogP contribution in [-0.2, 0) is 9.47 Å². The molecule has 1 aromatic heterocycles. The van der Waals surface area contributed by atoms with Crippen molar-refractivity contribution in [2.45, 2.75) is 33.1 Å². The highest BCUT2D eigenvalue weighted by atomic mass is 16.7. The normalized spacial score (nSPS) is 12.9. The van der Waals surface area contributed by atoms with Crippen molar-refractivity contribution in [2.75, 3.05) is 25.5 Å². The van der Waals surface area contributed by atoms with E-state index < -0.39 is 0 Å². The van der Waals surface area contributed by atoms with E-state index in [-0.39, 0.29) is 12.3 Å². The van der Waals surface area contributed by atoms with Crippen LogP contribution in [0.1, 0.15) is 32.4 Å². The fraction of sp³-hybridized carbons (Fsp3) is 0.615. The first kappa shape index (κ1) is 14.9. The zero-order chi connectivity index (χ0) is 13.4. The number of rotatable bonds is 8. The van der Waals surface area contributed by atoms with Crippen molar-refractivity contribution in [1.29, 1.82) is 0 Å². The van der Waals surface area contributed by atoms with E-state index in [0.29, 0.717) is 18.9 Å². The summed E-state index contributed by atoms with van der Waals surface area (Å²) in [6.07, 6.45) is 3.08. The quantitative estimate of drug-likeness (QED) is 0.690. The van der Waals surface area contributed by atoms with E-state index in [0.717, 1.165) is 12.1 Å². The van der Waals surface area contributed by atoms with Gasteiger partial charge in [-0.15, -0.1) is 0 Å². The van der Waals surface area contributed by atoms with Gasteiger partial charge in [0.25, 0.3) is 0 Å². The number of likely N-dealkylation sites (N-methyl/N-ethyl adjacent to an activating group) is 1. The molecule has 5 heteroatoms. The van der Waals surface area contributed by atoms with Gasteiger partial charge in [0.05, 0.1) is 6.04 Å². The Morgan fingerprint density at radius 3 is 2.44 bits per heavy atom. The van der Waals surface area contributed by atoms with Crippen LogP contribution in [0.2, 0.25) is 0 Å². The maximum absolute atomic E-state index is 5.99. The second-order valence-electron chi connectivity index (χ2n) is 3.82. The van der Waals surface area contributed by atoms with Gasteiger partial charge in [-0.1, -0.05) is 6.92 Å². The summed E-state index contributed by atoms with van der Waals surface area (Å²) in [4.78, 5) is 4.12. The van der Waals surface area contributed by atoms with Crippen molar-refractivity contribution in [2.24, 2.45) is 0 Å². The first-order chi connectivity index (χ1) is 8.74. The summed E-state index contributed by atoms with van der Waals surface area (Å²) >= 11 is 0. The monoisotopic (exact) mass is 253 g/mol. The van der Waals surface area contributed by atoms with Gasteiger partial charge < -0.3 is 20.5 Å². The fourth-order valence-corrected chi connectivity index (χ4v) is 1.82. The molecule has 5 nitrogen and oxygen atoms in total. The predicted octanol–water partition coefficient (Wildman–Crippen LogP) is 1.71. The molecule has 1 atom stereocenters. The van der Waals surface area contributed by atoms with Crippen molar-refractivity contribution in [1.82, 2.24) is 10.3 Å². The van der Waals surface area contributed by atoms with Crippen molar-refractivity contribution in [3.8, 4) is 0 Å². The summed E-state index contributed by atoms with van der Waals surface area (Å²) in [6.45, 7) is 7.91. The Balaban J connectivity index is 2.95. The van der Waals surface area contributed by atoms with Crippen LogP contribution < -0.4 is 11.1 Å². The molecule has 1 rings (SSSR count). The number of nitrogen functional groups attached to an aromatic ring is 1. The molecule has 1 heterocycles. The van der Waals surface area contributed by atoms with E-state index >= 15 is 0 Å². The zero-order valence-corrected chi connectivity index (χ0v) is 11.3. The molecular formula is C13H23N3O2. The number of anilines is 1. The van der Waals surface area contributed by atoms with Gasteiger partial charge >= 0.3 is 0 Å². The number of pyridine rings is 1. The second-order valence-corrected chi connectivity index (χ2v) is 3.82. The summed E-state index contributed by atoms with van der Waals surface area (Å²) < 4.78 is 11.3. The molecule has 102 valence electrons. The number of nitrogens with zero attached hydrogens (tertiary/aromatic N) is 1. The van der Waals surface area contributed by atoms with Crippen LogP contribution in [0, 0.1) is 0 Å².